The number of hydrogen-bond donors (Lipinski definition) is 1. The van der Waals surface area contributed by atoms with Crippen LogP contribution >= 0.6 is 0 Å². The van der Waals surface area contributed by atoms with Crippen molar-refractivity contribution in [2.45, 2.75) is 59.5 Å². The highest BCUT2D eigenvalue weighted by Crippen LogP contribution is 2.08. The van der Waals surface area contributed by atoms with E-state index < -0.39 is 5.54 Å². The molecule has 0 fully saturated rings. The normalized spacial score (nSPS) is 14.8. The maximum Gasteiger partial charge on any atom is 0.116 e. The largest absolute Gasteiger partial charge is 0.304 e. The number of nitrogens with zero attached hydrogens (tertiary/aromatic N) is 3. The molecule has 0 bridgehead atoms. The number of nitrogens with one attached hydrogen (secondary N) is 1. The van der Waals surface area contributed by atoms with Crippen molar-refractivity contribution in [1.29, 1.82) is 5.26 Å². The molecule has 0 saturated carbocycles. The Hall–Kier alpha value is -0.630. The van der Waals surface area contributed by atoms with E-state index >= 15 is 0 Å². The van der Waals surface area contributed by atoms with Gasteiger partial charge in [0, 0.05) is 12.6 Å². The monoisotopic (exact) mass is 282 g/mol. The molecule has 0 heterocycles. The lowest BCUT2D eigenvalue weighted by Gasteiger charge is -2.32. The Kier molecular flexibility index (Phi) is 9.83. The lowest BCUT2D eigenvalue weighted by molar-refractivity contribution is 0.204. The molecule has 4 nitrogen and oxygen atoms in total. The predicted molar refractivity (Wildman–Crippen MR) is 86.8 cm³/mol. The molecule has 0 aromatic carbocycles. The van der Waals surface area contributed by atoms with Gasteiger partial charge in [0.25, 0.3) is 0 Å². The summed E-state index contributed by atoms with van der Waals surface area (Å²) in [5, 5.41) is 12.8. The molecule has 0 aromatic rings. The molecule has 1 unspecified atom stereocenters. The van der Waals surface area contributed by atoms with Gasteiger partial charge in [-0.1, -0.05) is 20.8 Å². The third kappa shape index (κ3) is 7.84. The molecule has 118 valence electrons. The van der Waals surface area contributed by atoms with Gasteiger partial charge in [-0.2, -0.15) is 5.26 Å². The molecule has 1 atom stereocenters. The van der Waals surface area contributed by atoms with Gasteiger partial charge in [0.05, 0.1) is 6.07 Å². The molecule has 20 heavy (non-hydrogen) atoms. The van der Waals surface area contributed by atoms with Gasteiger partial charge < -0.3 is 9.80 Å². The van der Waals surface area contributed by atoms with Gasteiger partial charge in [-0.05, 0) is 59.9 Å². The fourth-order valence-corrected chi connectivity index (χ4v) is 2.60. The number of rotatable bonds is 11. The highest BCUT2D eigenvalue weighted by Gasteiger charge is 2.26. The minimum atomic E-state index is -0.459. The van der Waals surface area contributed by atoms with E-state index in [9.17, 15) is 5.26 Å². The highest BCUT2D eigenvalue weighted by atomic mass is 15.2. The second-order valence-corrected chi connectivity index (χ2v) is 5.99. The summed E-state index contributed by atoms with van der Waals surface area (Å²) in [5.74, 6) is 0. The average Bonchev–Trinajstić information content (AvgIpc) is 2.41. The Morgan fingerprint density at radius 1 is 1.05 bits per heavy atom. The van der Waals surface area contributed by atoms with Gasteiger partial charge in [-0.15, -0.1) is 0 Å². The summed E-state index contributed by atoms with van der Waals surface area (Å²) >= 11 is 0. The zero-order valence-corrected chi connectivity index (χ0v) is 14.4. The fraction of sp³-hybridized carbons (Fsp3) is 0.938. The third-order valence-electron chi connectivity index (χ3n) is 3.68. The van der Waals surface area contributed by atoms with Gasteiger partial charge in [-0.3, -0.25) is 5.32 Å². The summed E-state index contributed by atoms with van der Waals surface area (Å²) in [7, 11) is 0. The molecule has 1 N–H and O–H groups in total. The van der Waals surface area contributed by atoms with Crippen LogP contribution < -0.4 is 5.32 Å². The van der Waals surface area contributed by atoms with Gasteiger partial charge in [0.15, 0.2) is 0 Å². The number of hydrogen-bond acceptors (Lipinski definition) is 4. The summed E-state index contributed by atoms with van der Waals surface area (Å²) < 4.78 is 0. The first-order chi connectivity index (χ1) is 9.40. The Bertz CT molecular complexity index is 281. The Morgan fingerprint density at radius 2 is 1.55 bits per heavy atom. The molecule has 0 rings (SSSR count). The van der Waals surface area contributed by atoms with Crippen molar-refractivity contribution >= 4 is 0 Å². The molecular weight excluding hydrogens is 248 g/mol. The second-order valence-electron chi connectivity index (χ2n) is 5.99. The van der Waals surface area contributed by atoms with E-state index in [0.717, 1.165) is 39.3 Å². The van der Waals surface area contributed by atoms with Crippen LogP contribution in [0.4, 0.5) is 0 Å². The lowest BCUT2D eigenvalue weighted by Crippen LogP contribution is -2.53. The second kappa shape index (κ2) is 10.1. The first-order valence-electron chi connectivity index (χ1n) is 8.04. The van der Waals surface area contributed by atoms with Crippen LogP contribution in [-0.2, 0) is 0 Å². The predicted octanol–water partition coefficient (Wildman–Crippen LogP) is 2.32. The molecule has 0 aliphatic carbocycles. The van der Waals surface area contributed by atoms with Crippen LogP contribution in [0.1, 0.15) is 48.0 Å². The van der Waals surface area contributed by atoms with Gasteiger partial charge >= 0.3 is 0 Å². The number of nitriles is 1. The van der Waals surface area contributed by atoms with Crippen LogP contribution in [0.15, 0.2) is 0 Å². The molecule has 0 aliphatic heterocycles. The summed E-state index contributed by atoms with van der Waals surface area (Å²) in [6, 6.07) is 2.76. The molecule has 0 amide bonds. The third-order valence-corrected chi connectivity index (χ3v) is 3.68. The highest BCUT2D eigenvalue weighted by molar-refractivity contribution is 5.06. The molecule has 0 aromatic heterocycles. The van der Waals surface area contributed by atoms with Crippen LogP contribution in [-0.4, -0.2) is 60.6 Å². The smallest absolute Gasteiger partial charge is 0.116 e. The first kappa shape index (κ1) is 19.4. The van der Waals surface area contributed by atoms with Crippen molar-refractivity contribution in [2.75, 3.05) is 39.3 Å². The van der Waals surface area contributed by atoms with E-state index in [2.05, 4.69) is 55.8 Å². The quantitative estimate of drug-likeness (QED) is 0.631. The van der Waals surface area contributed by atoms with Crippen molar-refractivity contribution < 1.29 is 0 Å². The van der Waals surface area contributed by atoms with Crippen molar-refractivity contribution in [3.63, 3.8) is 0 Å². The van der Waals surface area contributed by atoms with Crippen molar-refractivity contribution in [3.05, 3.63) is 0 Å². The van der Waals surface area contributed by atoms with Gasteiger partial charge in [0.2, 0.25) is 0 Å². The maximum absolute atomic E-state index is 9.42. The lowest BCUT2D eigenvalue weighted by atomic mass is 10.0. The molecule has 0 radical (unpaired) electrons. The van der Waals surface area contributed by atoms with E-state index in [1.165, 1.54) is 6.42 Å². The van der Waals surface area contributed by atoms with Crippen LogP contribution in [0.2, 0.25) is 0 Å². The maximum atomic E-state index is 9.42. The minimum Gasteiger partial charge on any atom is -0.304 e. The van der Waals surface area contributed by atoms with E-state index in [4.69, 9.17) is 0 Å². The van der Waals surface area contributed by atoms with E-state index in [0.29, 0.717) is 6.04 Å². The van der Waals surface area contributed by atoms with E-state index in [1.54, 1.807) is 0 Å². The Labute approximate surface area is 126 Å². The van der Waals surface area contributed by atoms with Crippen LogP contribution in [0.5, 0.6) is 0 Å². The van der Waals surface area contributed by atoms with Crippen molar-refractivity contribution in [1.82, 2.24) is 15.1 Å². The minimum absolute atomic E-state index is 0.328. The van der Waals surface area contributed by atoms with Crippen LogP contribution in [0.3, 0.4) is 0 Å². The topological polar surface area (TPSA) is 42.3 Å². The summed E-state index contributed by atoms with van der Waals surface area (Å²) in [4.78, 5) is 4.83. The molecule has 0 aliphatic rings. The summed E-state index contributed by atoms with van der Waals surface area (Å²) in [5.41, 5.74) is -0.459. The SMILES string of the molecule is CCN(CC)CCCN(CC)CC(C)(C#N)NC(C)C. The van der Waals surface area contributed by atoms with Crippen LogP contribution in [0, 0.1) is 11.3 Å². The standard InChI is InChI=1S/C16H34N4/c1-7-19(8-2)11-10-12-20(9-3)14-16(6,13-17)18-15(4)5/h15,18H,7-12,14H2,1-6H3. The van der Waals surface area contributed by atoms with E-state index in [1.807, 2.05) is 6.92 Å². The molecule has 4 heteroatoms. The van der Waals surface area contributed by atoms with Crippen molar-refractivity contribution in [2.24, 2.45) is 0 Å². The fourth-order valence-electron chi connectivity index (χ4n) is 2.60. The van der Waals surface area contributed by atoms with Crippen LogP contribution in [0.25, 0.3) is 0 Å². The zero-order chi connectivity index (χ0) is 15.6. The van der Waals surface area contributed by atoms with E-state index in [-0.39, 0.29) is 0 Å². The van der Waals surface area contributed by atoms with Gasteiger partial charge in [0.1, 0.15) is 5.54 Å². The Morgan fingerprint density at radius 3 is 1.95 bits per heavy atom. The summed E-state index contributed by atoms with van der Waals surface area (Å²) in [6.45, 7) is 19.0. The van der Waals surface area contributed by atoms with Gasteiger partial charge in [-0.25, -0.2) is 0 Å². The molecular formula is C16H34N4. The molecule has 0 spiro atoms. The Balaban J connectivity index is 4.29. The number of likely N-dealkylation sites (N-methyl/N-ethyl adjacent to an activating group) is 1. The molecule has 0 saturated heterocycles. The average molecular weight is 282 g/mol. The summed E-state index contributed by atoms with van der Waals surface area (Å²) in [6.07, 6.45) is 1.17. The van der Waals surface area contributed by atoms with Crippen molar-refractivity contribution in [3.8, 4) is 6.07 Å². The first-order valence-corrected chi connectivity index (χ1v) is 8.04. The zero-order valence-electron chi connectivity index (χ0n) is 14.4.